The van der Waals surface area contributed by atoms with Crippen molar-refractivity contribution in [2.75, 3.05) is 0 Å². The minimum absolute atomic E-state index is 0.0129. The van der Waals surface area contributed by atoms with E-state index in [1.54, 1.807) is 0 Å². The first-order valence-corrected chi connectivity index (χ1v) is 6.00. The maximum absolute atomic E-state index is 6.28. The van der Waals surface area contributed by atoms with Gasteiger partial charge in [0.05, 0.1) is 0 Å². The molecule has 0 radical (unpaired) electrons. The predicted molar refractivity (Wildman–Crippen MR) is 67.9 cm³/mol. The molecule has 3 rings (SSSR count). The first-order valence-electron chi connectivity index (χ1n) is 5.62. The molecule has 0 aliphatic heterocycles. The van der Waals surface area contributed by atoms with Gasteiger partial charge in [-0.2, -0.15) is 0 Å². The second kappa shape index (κ2) is 3.25. The normalized spacial score (nSPS) is 17.9. The van der Waals surface area contributed by atoms with Gasteiger partial charge in [-0.3, -0.25) is 0 Å². The lowest BCUT2D eigenvalue weighted by molar-refractivity contribution is 0.673. The Morgan fingerprint density at radius 1 is 1.38 bits per heavy atom. The Hall–Kier alpha value is -0.990. The van der Waals surface area contributed by atoms with Crippen molar-refractivity contribution >= 4 is 22.5 Å². The fourth-order valence-electron chi connectivity index (χ4n) is 2.20. The van der Waals surface area contributed by atoms with Crippen LogP contribution in [0.15, 0.2) is 18.2 Å². The molecule has 2 aromatic rings. The van der Waals surface area contributed by atoms with E-state index in [4.69, 9.17) is 17.3 Å². The van der Waals surface area contributed by atoms with Crippen LogP contribution in [-0.2, 0) is 6.42 Å². The summed E-state index contributed by atoms with van der Waals surface area (Å²) in [5, 5.41) is 2.01. The van der Waals surface area contributed by atoms with E-state index in [1.165, 1.54) is 5.39 Å². The average Bonchev–Trinajstić information content (AvgIpc) is 2.80. The summed E-state index contributed by atoms with van der Waals surface area (Å²) in [7, 11) is 0. The Kier molecular flexibility index (Phi) is 2.07. The molecule has 1 aliphatic rings. The maximum atomic E-state index is 6.28. The molecule has 0 saturated heterocycles. The van der Waals surface area contributed by atoms with Gasteiger partial charge in [0.2, 0.25) is 0 Å². The molecular formula is C13H15ClN2. The molecule has 0 spiro atoms. The number of nitrogens with one attached hydrogen (secondary N) is 1. The number of H-pyrrole nitrogens is 1. The third-order valence-electron chi connectivity index (χ3n) is 3.36. The molecule has 0 unspecified atom stereocenters. The minimum Gasteiger partial charge on any atom is -0.359 e. The molecule has 1 aromatic heterocycles. The lowest BCUT2D eigenvalue weighted by atomic mass is 10.0. The second-order valence-electron chi connectivity index (χ2n) is 5.02. The molecule has 0 bridgehead atoms. The molecular weight excluding hydrogens is 220 g/mol. The standard InChI is InChI=1S/C13H15ClN2/c1-8-4-9-5-11(14)10(6-12(9)16-8)7-13(15)2-3-13/h4-6,16H,2-3,7,15H2,1H3. The topological polar surface area (TPSA) is 41.8 Å². The fourth-order valence-corrected chi connectivity index (χ4v) is 2.43. The molecule has 1 fully saturated rings. The van der Waals surface area contributed by atoms with Crippen molar-refractivity contribution in [1.82, 2.24) is 4.98 Å². The summed E-state index contributed by atoms with van der Waals surface area (Å²) >= 11 is 6.28. The highest BCUT2D eigenvalue weighted by Crippen LogP contribution is 2.38. The summed E-state index contributed by atoms with van der Waals surface area (Å²) in [6, 6.07) is 6.28. The highest BCUT2D eigenvalue weighted by molar-refractivity contribution is 6.32. The molecule has 16 heavy (non-hydrogen) atoms. The third-order valence-corrected chi connectivity index (χ3v) is 3.71. The van der Waals surface area contributed by atoms with Crippen molar-refractivity contribution in [2.24, 2.45) is 5.73 Å². The number of fused-ring (bicyclic) bond motifs is 1. The molecule has 1 saturated carbocycles. The van der Waals surface area contributed by atoms with Crippen LogP contribution < -0.4 is 5.73 Å². The molecule has 1 aromatic carbocycles. The SMILES string of the molecule is Cc1cc2cc(Cl)c(CC3(N)CC3)cc2[nH]1. The number of nitrogens with two attached hydrogens (primary N) is 1. The Morgan fingerprint density at radius 2 is 2.12 bits per heavy atom. The van der Waals surface area contributed by atoms with Gasteiger partial charge in [-0.25, -0.2) is 0 Å². The Labute approximate surface area is 99.8 Å². The van der Waals surface area contributed by atoms with Gasteiger partial charge in [-0.05, 0) is 49.9 Å². The summed E-state index contributed by atoms with van der Waals surface area (Å²) in [6.45, 7) is 2.05. The zero-order chi connectivity index (χ0) is 11.3. The van der Waals surface area contributed by atoms with Crippen molar-refractivity contribution in [2.45, 2.75) is 31.7 Å². The van der Waals surface area contributed by atoms with Crippen LogP contribution in [0, 0.1) is 6.92 Å². The van der Waals surface area contributed by atoms with Crippen LogP contribution in [0.3, 0.4) is 0 Å². The molecule has 3 heteroatoms. The van der Waals surface area contributed by atoms with E-state index in [0.29, 0.717) is 0 Å². The molecule has 0 atom stereocenters. The Morgan fingerprint density at radius 3 is 2.81 bits per heavy atom. The molecule has 2 nitrogen and oxygen atoms in total. The van der Waals surface area contributed by atoms with Crippen LogP contribution >= 0.6 is 11.6 Å². The Bertz CT molecular complexity index is 552. The van der Waals surface area contributed by atoms with E-state index in [2.05, 4.69) is 24.0 Å². The van der Waals surface area contributed by atoms with Crippen molar-refractivity contribution in [3.63, 3.8) is 0 Å². The molecule has 3 N–H and O–H groups in total. The summed E-state index contributed by atoms with van der Waals surface area (Å²) in [4.78, 5) is 3.33. The highest BCUT2D eigenvalue weighted by atomic mass is 35.5. The van der Waals surface area contributed by atoms with Crippen LogP contribution in [0.25, 0.3) is 10.9 Å². The molecule has 1 aliphatic carbocycles. The number of benzene rings is 1. The van der Waals surface area contributed by atoms with Crippen molar-refractivity contribution in [1.29, 1.82) is 0 Å². The quantitative estimate of drug-likeness (QED) is 0.824. The predicted octanol–water partition coefficient (Wildman–Crippen LogP) is 3.16. The van der Waals surface area contributed by atoms with Gasteiger partial charge < -0.3 is 10.7 Å². The first kappa shape index (κ1) is 10.2. The van der Waals surface area contributed by atoms with E-state index < -0.39 is 0 Å². The summed E-state index contributed by atoms with van der Waals surface area (Å²) in [5.41, 5.74) is 9.62. The number of aryl methyl sites for hydroxylation is 1. The fraction of sp³-hybridized carbons (Fsp3) is 0.385. The van der Waals surface area contributed by atoms with Gasteiger partial charge in [0.15, 0.2) is 0 Å². The van der Waals surface area contributed by atoms with E-state index in [9.17, 15) is 0 Å². The number of aromatic nitrogens is 1. The number of rotatable bonds is 2. The number of aromatic amines is 1. The molecule has 84 valence electrons. The summed E-state index contributed by atoms with van der Waals surface area (Å²) < 4.78 is 0. The lowest BCUT2D eigenvalue weighted by Crippen LogP contribution is -2.24. The smallest absolute Gasteiger partial charge is 0.0459 e. The van der Waals surface area contributed by atoms with Crippen LogP contribution in [0.1, 0.15) is 24.1 Å². The van der Waals surface area contributed by atoms with Crippen LogP contribution in [0.2, 0.25) is 5.02 Å². The monoisotopic (exact) mass is 234 g/mol. The largest absolute Gasteiger partial charge is 0.359 e. The summed E-state index contributed by atoms with van der Waals surface area (Å²) in [6.07, 6.45) is 3.12. The zero-order valence-electron chi connectivity index (χ0n) is 9.31. The number of hydrogen-bond donors (Lipinski definition) is 2. The van der Waals surface area contributed by atoms with Gasteiger partial charge in [0, 0.05) is 27.2 Å². The number of halogens is 1. The van der Waals surface area contributed by atoms with Crippen LogP contribution in [0.4, 0.5) is 0 Å². The second-order valence-corrected chi connectivity index (χ2v) is 5.43. The highest BCUT2D eigenvalue weighted by Gasteiger charge is 2.38. The molecule has 1 heterocycles. The number of hydrogen-bond acceptors (Lipinski definition) is 1. The van der Waals surface area contributed by atoms with Gasteiger partial charge in [-0.1, -0.05) is 11.6 Å². The summed E-state index contributed by atoms with van der Waals surface area (Å²) in [5.74, 6) is 0. The lowest BCUT2D eigenvalue weighted by Gasteiger charge is -2.10. The van der Waals surface area contributed by atoms with E-state index in [1.807, 2.05) is 6.07 Å². The van der Waals surface area contributed by atoms with Crippen molar-refractivity contribution in [3.8, 4) is 0 Å². The van der Waals surface area contributed by atoms with Gasteiger partial charge in [0.25, 0.3) is 0 Å². The Balaban J connectivity index is 2.06. The van der Waals surface area contributed by atoms with Crippen molar-refractivity contribution < 1.29 is 0 Å². The zero-order valence-corrected chi connectivity index (χ0v) is 10.1. The van der Waals surface area contributed by atoms with E-state index in [-0.39, 0.29) is 5.54 Å². The van der Waals surface area contributed by atoms with Crippen LogP contribution in [-0.4, -0.2) is 10.5 Å². The molecule has 0 amide bonds. The average molecular weight is 235 g/mol. The van der Waals surface area contributed by atoms with Crippen molar-refractivity contribution in [3.05, 3.63) is 34.5 Å². The van der Waals surface area contributed by atoms with E-state index >= 15 is 0 Å². The van der Waals surface area contributed by atoms with Crippen LogP contribution in [0.5, 0.6) is 0 Å². The minimum atomic E-state index is 0.0129. The van der Waals surface area contributed by atoms with E-state index in [0.717, 1.165) is 41.1 Å². The first-order chi connectivity index (χ1) is 7.56. The maximum Gasteiger partial charge on any atom is 0.0459 e. The van der Waals surface area contributed by atoms with Gasteiger partial charge in [0.1, 0.15) is 0 Å². The van der Waals surface area contributed by atoms with Gasteiger partial charge in [-0.15, -0.1) is 0 Å². The third kappa shape index (κ3) is 1.72. The van der Waals surface area contributed by atoms with Gasteiger partial charge >= 0.3 is 0 Å².